The zero-order valence-electron chi connectivity index (χ0n) is 11.5. The highest BCUT2D eigenvalue weighted by Crippen LogP contribution is 2.28. The quantitative estimate of drug-likeness (QED) is 0.721. The van der Waals surface area contributed by atoms with E-state index < -0.39 is 0 Å². The Bertz CT molecular complexity index is 444. The van der Waals surface area contributed by atoms with E-state index in [-0.39, 0.29) is 11.8 Å². The maximum Gasteiger partial charge on any atom is 0.223 e. The molecule has 0 spiro atoms. The summed E-state index contributed by atoms with van der Waals surface area (Å²) in [4.78, 5) is 15.8. The van der Waals surface area contributed by atoms with Gasteiger partial charge in [-0.2, -0.15) is 0 Å². The van der Waals surface area contributed by atoms with Crippen LogP contribution < -0.4 is 15.4 Å². The summed E-state index contributed by atoms with van der Waals surface area (Å²) in [7, 11) is 1.65. The fraction of sp³-hybridized carbons (Fsp3) is 0.571. The van der Waals surface area contributed by atoms with Crippen LogP contribution in [0.15, 0.2) is 12.1 Å². The molecular weight excluding hydrogens is 242 g/mol. The van der Waals surface area contributed by atoms with Gasteiger partial charge in [-0.15, -0.1) is 0 Å². The summed E-state index contributed by atoms with van der Waals surface area (Å²) in [5.74, 6) is 1.30. The summed E-state index contributed by atoms with van der Waals surface area (Å²) in [5, 5.41) is 6.18. The first kappa shape index (κ1) is 13.8. The van der Waals surface area contributed by atoms with Crippen LogP contribution in [0.2, 0.25) is 0 Å². The molecule has 0 bridgehead atoms. The Morgan fingerprint density at radius 1 is 1.42 bits per heavy atom. The molecule has 0 aromatic carbocycles. The molecule has 1 aliphatic carbocycles. The summed E-state index contributed by atoms with van der Waals surface area (Å²) in [6.45, 7) is 4.04. The second kappa shape index (κ2) is 6.52. The maximum atomic E-state index is 11.4. The van der Waals surface area contributed by atoms with Crippen LogP contribution in [0.25, 0.3) is 0 Å². The summed E-state index contributed by atoms with van der Waals surface area (Å²) in [6, 6.07) is 3.82. The molecule has 1 fully saturated rings. The third-order valence-electron chi connectivity index (χ3n) is 3.07. The van der Waals surface area contributed by atoms with E-state index in [4.69, 9.17) is 4.74 Å². The van der Waals surface area contributed by atoms with Gasteiger partial charge in [0.1, 0.15) is 5.75 Å². The largest absolute Gasteiger partial charge is 0.497 e. The lowest BCUT2D eigenvalue weighted by molar-refractivity contribution is -0.122. The first-order valence-corrected chi connectivity index (χ1v) is 6.69. The molecule has 2 rings (SSSR count). The summed E-state index contributed by atoms with van der Waals surface area (Å²) < 4.78 is 5.20. The standard InChI is InChI=1S/C14H21N3O2/c1-10-7-13(19-2)8-12(17-10)9-15-5-6-16-14(18)11-3-4-11/h7-8,11,15H,3-6,9H2,1-2H3,(H,16,18). The van der Waals surface area contributed by atoms with Gasteiger partial charge in [-0.3, -0.25) is 9.78 Å². The highest BCUT2D eigenvalue weighted by molar-refractivity contribution is 5.80. The fourth-order valence-corrected chi connectivity index (χ4v) is 1.89. The van der Waals surface area contributed by atoms with Crippen molar-refractivity contribution in [2.24, 2.45) is 5.92 Å². The van der Waals surface area contributed by atoms with Crippen LogP contribution in [-0.2, 0) is 11.3 Å². The van der Waals surface area contributed by atoms with Gasteiger partial charge in [-0.05, 0) is 19.8 Å². The summed E-state index contributed by atoms with van der Waals surface area (Å²) >= 11 is 0. The number of nitrogens with zero attached hydrogens (tertiary/aromatic N) is 1. The van der Waals surface area contributed by atoms with Gasteiger partial charge in [-0.25, -0.2) is 0 Å². The molecule has 1 aromatic heterocycles. The van der Waals surface area contributed by atoms with Crippen molar-refractivity contribution in [3.63, 3.8) is 0 Å². The molecule has 1 aliphatic rings. The molecule has 1 heterocycles. The van der Waals surface area contributed by atoms with Gasteiger partial charge in [0.25, 0.3) is 0 Å². The number of aryl methyl sites for hydroxylation is 1. The molecular formula is C14H21N3O2. The highest BCUT2D eigenvalue weighted by Gasteiger charge is 2.28. The van der Waals surface area contributed by atoms with Gasteiger partial charge in [-0.1, -0.05) is 0 Å². The molecule has 1 amide bonds. The number of ether oxygens (including phenoxy) is 1. The number of amides is 1. The smallest absolute Gasteiger partial charge is 0.223 e. The lowest BCUT2D eigenvalue weighted by atomic mass is 10.3. The molecule has 0 atom stereocenters. The topological polar surface area (TPSA) is 63.2 Å². The monoisotopic (exact) mass is 263 g/mol. The highest BCUT2D eigenvalue weighted by atomic mass is 16.5. The second-order valence-electron chi connectivity index (χ2n) is 4.88. The minimum absolute atomic E-state index is 0.192. The molecule has 0 saturated heterocycles. The van der Waals surface area contributed by atoms with Crippen molar-refractivity contribution in [3.8, 4) is 5.75 Å². The Morgan fingerprint density at radius 2 is 2.21 bits per heavy atom. The van der Waals surface area contributed by atoms with Gasteiger partial charge in [0.15, 0.2) is 0 Å². The molecule has 104 valence electrons. The van der Waals surface area contributed by atoms with E-state index in [2.05, 4.69) is 15.6 Å². The predicted octanol–water partition coefficient (Wildman–Crippen LogP) is 1.01. The lowest BCUT2D eigenvalue weighted by Crippen LogP contribution is -2.32. The maximum absolute atomic E-state index is 11.4. The number of carbonyl (C=O) groups excluding carboxylic acids is 1. The van der Waals surface area contributed by atoms with Crippen LogP contribution in [0.5, 0.6) is 5.75 Å². The van der Waals surface area contributed by atoms with Gasteiger partial charge < -0.3 is 15.4 Å². The van der Waals surface area contributed by atoms with Gasteiger partial charge in [0.2, 0.25) is 5.91 Å². The normalized spacial score (nSPS) is 14.2. The van der Waals surface area contributed by atoms with Crippen LogP contribution >= 0.6 is 0 Å². The number of rotatable bonds is 7. The Hall–Kier alpha value is -1.62. The Balaban J connectivity index is 1.67. The number of pyridine rings is 1. The van der Waals surface area contributed by atoms with E-state index in [0.29, 0.717) is 13.1 Å². The number of carbonyl (C=O) groups is 1. The first-order valence-electron chi connectivity index (χ1n) is 6.69. The van der Waals surface area contributed by atoms with Crippen molar-refractivity contribution < 1.29 is 9.53 Å². The SMILES string of the molecule is COc1cc(C)nc(CNCCNC(=O)C2CC2)c1. The summed E-state index contributed by atoms with van der Waals surface area (Å²) in [5.41, 5.74) is 1.89. The van der Waals surface area contributed by atoms with Gasteiger partial charge in [0.05, 0.1) is 12.8 Å². The van der Waals surface area contributed by atoms with Crippen molar-refractivity contribution in [1.82, 2.24) is 15.6 Å². The third-order valence-corrected chi connectivity index (χ3v) is 3.07. The van der Waals surface area contributed by atoms with Crippen LogP contribution in [0, 0.1) is 12.8 Å². The van der Waals surface area contributed by atoms with Crippen molar-refractivity contribution in [2.45, 2.75) is 26.3 Å². The molecule has 0 radical (unpaired) electrons. The molecule has 1 saturated carbocycles. The van der Waals surface area contributed by atoms with E-state index in [9.17, 15) is 4.79 Å². The minimum Gasteiger partial charge on any atom is -0.497 e. The average Bonchev–Trinajstić information content (AvgIpc) is 3.21. The predicted molar refractivity (Wildman–Crippen MR) is 73.0 cm³/mol. The second-order valence-corrected chi connectivity index (χ2v) is 4.88. The number of methoxy groups -OCH3 is 1. The van der Waals surface area contributed by atoms with Crippen LogP contribution in [-0.4, -0.2) is 31.1 Å². The first-order chi connectivity index (χ1) is 9.19. The molecule has 19 heavy (non-hydrogen) atoms. The number of hydrogen-bond acceptors (Lipinski definition) is 4. The van der Waals surface area contributed by atoms with Crippen LogP contribution in [0.4, 0.5) is 0 Å². The number of hydrogen-bond donors (Lipinski definition) is 2. The van der Waals surface area contributed by atoms with Crippen molar-refractivity contribution >= 4 is 5.91 Å². The molecule has 1 aromatic rings. The van der Waals surface area contributed by atoms with Gasteiger partial charge in [0, 0.05) is 43.4 Å². The van der Waals surface area contributed by atoms with Crippen LogP contribution in [0.1, 0.15) is 24.2 Å². The van der Waals surface area contributed by atoms with Gasteiger partial charge >= 0.3 is 0 Å². The number of aromatic nitrogens is 1. The molecule has 5 nitrogen and oxygen atoms in total. The van der Waals surface area contributed by atoms with Crippen molar-refractivity contribution in [2.75, 3.05) is 20.2 Å². The summed E-state index contributed by atoms with van der Waals surface area (Å²) in [6.07, 6.45) is 2.10. The van der Waals surface area contributed by atoms with E-state index in [1.165, 1.54) is 0 Å². The average molecular weight is 263 g/mol. The van der Waals surface area contributed by atoms with Crippen molar-refractivity contribution in [3.05, 3.63) is 23.5 Å². The molecule has 2 N–H and O–H groups in total. The van der Waals surface area contributed by atoms with E-state index in [0.717, 1.165) is 36.5 Å². The Kier molecular flexibility index (Phi) is 4.74. The Morgan fingerprint density at radius 3 is 2.89 bits per heavy atom. The zero-order chi connectivity index (χ0) is 13.7. The van der Waals surface area contributed by atoms with E-state index in [1.807, 2.05) is 19.1 Å². The van der Waals surface area contributed by atoms with E-state index in [1.54, 1.807) is 7.11 Å². The zero-order valence-corrected chi connectivity index (χ0v) is 11.5. The fourth-order valence-electron chi connectivity index (χ4n) is 1.89. The van der Waals surface area contributed by atoms with E-state index >= 15 is 0 Å². The third kappa shape index (κ3) is 4.52. The molecule has 0 unspecified atom stereocenters. The molecule has 0 aliphatic heterocycles. The molecule has 5 heteroatoms. The minimum atomic E-state index is 0.192. The van der Waals surface area contributed by atoms with Crippen molar-refractivity contribution in [1.29, 1.82) is 0 Å². The van der Waals surface area contributed by atoms with Crippen LogP contribution in [0.3, 0.4) is 0 Å². The Labute approximate surface area is 113 Å². The number of nitrogens with one attached hydrogen (secondary N) is 2. The lowest BCUT2D eigenvalue weighted by Gasteiger charge is -2.08.